The second-order valence-corrected chi connectivity index (χ2v) is 7.39. The van der Waals surface area contributed by atoms with Crippen LogP contribution >= 0.6 is 0 Å². The molecule has 4 aromatic rings. The van der Waals surface area contributed by atoms with E-state index < -0.39 is 11.7 Å². The topological polar surface area (TPSA) is 122 Å². The molecule has 0 aliphatic carbocycles. The average Bonchev–Trinajstić information content (AvgIpc) is 3.43. The summed E-state index contributed by atoms with van der Waals surface area (Å²) in [6, 6.07) is 9.40. The first-order valence-corrected chi connectivity index (χ1v) is 10.1. The van der Waals surface area contributed by atoms with Crippen LogP contribution in [0.4, 0.5) is 13.2 Å². The fourth-order valence-electron chi connectivity index (χ4n) is 3.17. The van der Waals surface area contributed by atoms with Gasteiger partial charge in [-0.15, -0.1) is 0 Å². The lowest BCUT2D eigenvalue weighted by atomic mass is 10.1. The van der Waals surface area contributed by atoms with Gasteiger partial charge in [0, 0.05) is 31.3 Å². The van der Waals surface area contributed by atoms with Crippen LogP contribution in [-0.4, -0.2) is 30.8 Å². The first-order chi connectivity index (χ1) is 16.2. The molecule has 0 saturated heterocycles. The molecule has 1 amide bonds. The van der Waals surface area contributed by atoms with E-state index in [1.54, 1.807) is 7.05 Å². The van der Waals surface area contributed by atoms with E-state index in [9.17, 15) is 18.0 Å². The van der Waals surface area contributed by atoms with Crippen molar-refractivity contribution in [1.82, 2.24) is 24.9 Å². The first kappa shape index (κ1) is 23.0. The number of primary amides is 1. The van der Waals surface area contributed by atoms with E-state index in [0.717, 1.165) is 17.7 Å². The minimum Gasteiger partial charge on any atom is -0.471 e. The predicted octanol–water partition coefficient (Wildman–Crippen LogP) is 3.55. The number of hydrogen-bond acceptors (Lipinski definition) is 7. The molecule has 0 aliphatic heterocycles. The van der Waals surface area contributed by atoms with E-state index in [4.69, 9.17) is 15.0 Å². The summed E-state index contributed by atoms with van der Waals surface area (Å²) in [5.74, 6) is 0.185. The van der Waals surface area contributed by atoms with E-state index in [1.807, 2.05) is 24.3 Å². The Balaban J connectivity index is 1.51. The Bertz CT molecular complexity index is 1300. The molecule has 0 atom stereocenters. The Hall–Kier alpha value is -4.22. The predicted molar refractivity (Wildman–Crippen MR) is 113 cm³/mol. The largest absolute Gasteiger partial charge is 0.471 e. The molecule has 3 heterocycles. The fourth-order valence-corrected chi connectivity index (χ4v) is 3.17. The van der Waals surface area contributed by atoms with E-state index in [1.165, 1.54) is 10.9 Å². The number of hydrogen-bond donors (Lipinski definition) is 1. The van der Waals surface area contributed by atoms with Crippen molar-refractivity contribution in [2.75, 3.05) is 0 Å². The number of nitrogens with zero attached hydrogens (tertiary/aromatic N) is 5. The van der Waals surface area contributed by atoms with Gasteiger partial charge in [-0.3, -0.25) is 9.48 Å². The summed E-state index contributed by atoms with van der Waals surface area (Å²) < 4.78 is 50.6. The van der Waals surface area contributed by atoms with Crippen molar-refractivity contribution >= 4 is 5.91 Å². The molecule has 0 spiro atoms. The summed E-state index contributed by atoms with van der Waals surface area (Å²) in [5.41, 5.74) is 7.03. The van der Waals surface area contributed by atoms with Gasteiger partial charge in [-0.05, 0) is 24.1 Å². The van der Waals surface area contributed by atoms with Crippen molar-refractivity contribution < 1.29 is 27.2 Å². The zero-order valence-corrected chi connectivity index (χ0v) is 17.9. The van der Waals surface area contributed by atoms with Gasteiger partial charge in [-0.1, -0.05) is 23.4 Å². The van der Waals surface area contributed by atoms with Gasteiger partial charge in [0.2, 0.25) is 17.6 Å². The lowest BCUT2D eigenvalue weighted by Crippen LogP contribution is -2.11. The SMILES string of the molecule is Cn1ncc(-c2nc(-c3cccc(CCC(N)=O)c3)no2)c1COc1ccc(C(F)(F)F)cn1. The number of pyridine rings is 1. The molecule has 0 saturated carbocycles. The highest BCUT2D eigenvalue weighted by Gasteiger charge is 2.30. The second kappa shape index (κ2) is 9.33. The van der Waals surface area contributed by atoms with Gasteiger partial charge < -0.3 is 15.0 Å². The maximum absolute atomic E-state index is 12.7. The zero-order chi connectivity index (χ0) is 24.3. The number of ether oxygens (including phenoxy) is 1. The molecular weight excluding hydrogens is 453 g/mol. The highest BCUT2D eigenvalue weighted by molar-refractivity contribution is 5.74. The maximum Gasteiger partial charge on any atom is 0.417 e. The number of aromatic nitrogens is 5. The van der Waals surface area contributed by atoms with Crippen molar-refractivity contribution in [2.45, 2.75) is 25.6 Å². The fraction of sp³-hybridized carbons (Fsp3) is 0.227. The van der Waals surface area contributed by atoms with Gasteiger partial charge in [-0.25, -0.2) is 4.98 Å². The summed E-state index contributed by atoms with van der Waals surface area (Å²) in [5, 5.41) is 8.21. The molecular formula is C22H19F3N6O3. The van der Waals surface area contributed by atoms with Crippen LogP contribution < -0.4 is 10.5 Å². The molecule has 9 nitrogen and oxygen atoms in total. The highest BCUT2D eigenvalue weighted by atomic mass is 19.4. The molecule has 4 rings (SSSR count). The Kier molecular flexibility index (Phi) is 6.30. The third-order valence-electron chi connectivity index (χ3n) is 4.98. The summed E-state index contributed by atoms with van der Waals surface area (Å²) >= 11 is 0. The van der Waals surface area contributed by atoms with Gasteiger partial charge in [0.25, 0.3) is 5.89 Å². The number of amides is 1. The summed E-state index contributed by atoms with van der Waals surface area (Å²) in [6.07, 6.45) is -1.51. The first-order valence-electron chi connectivity index (χ1n) is 10.1. The normalized spacial score (nSPS) is 11.5. The highest BCUT2D eigenvalue weighted by Crippen LogP contribution is 2.30. The molecule has 12 heteroatoms. The van der Waals surface area contributed by atoms with Crippen LogP contribution in [-0.2, 0) is 31.0 Å². The molecule has 0 radical (unpaired) electrons. The van der Waals surface area contributed by atoms with Gasteiger partial charge >= 0.3 is 6.18 Å². The molecule has 3 aromatic heterocycles. The number of aryl methyl sites for hydroxylation is 2. The van der Waals surface area contributed by atoms with Crippen LogP contribution in [0, 0.1) is 0 Å². The number of halogens is 3. The minimum atomic E-state index is -4.47. The lowest BCUT2D eigenvalue weighted by molar-refractivity contribution is -0.137. The summed E-state index contributed by atoms with van der Waals surface area (Å²) in [6.45, 7) is -0.0372. The number of carbonyl (C=O) groups is 1. The molecule has 0 fully saturated rings. The van der Waals surface area contributed by atoms with Gasteiger partial charge in [0.15, 0.2) is 0 Å². The molecule has 34 heavy (non-hydrogen) atoms. The van der Waals surface area contributed by atoms with Crippen LogP contribution in [0.25, 0.3) is 22.8 Å². The van der Waals surface area contributed by atoms with E-state index in [0.29, 0.717) is 35.3 Å². The molecule has 2 N–H and O–H groups in total. The minimum absolute atomic E-state index is 0.0270. The molecule has 0 bridgehead atoms. The standard InChI is InChI=1S/C22H19F3N6O3/c1-31-17(12-33-19-8-6-15(10-27-19)22(23,24)25)16(11-28-31)21-29-20(30-34-21)14-4-2-3-13(9-14)5-7-18(26)32/h2-4,6,8-11H,5,7,12H2,1H3,(H2,26,32). The number of alkyl halides is 3. The number of carbonyl (C=O) groups excluding carboxylic acids is 1. The van der Waals surface area contributed by atoms with Crippen molar-refractivity contribution in [3.63, 3.8) is 0 Å². The van der Waals surface area contributed by atoms with E-state index in [-0.39, 0.29) is 30.7 Å². The Morgan fingerprint density at radius 1 is 1.21 bits per heavy atom. The van der Waals surface area contributed by atoms with Gasteiger partial charge in [-0.2, -0.15) is 23.3 Å². The number of nitrogens with two attached hydrogens (primary N) is 1. The Morgan fingerprint density at radius 2 is 2.03 bits per heavy atom. The average molecular weight is 472 g/mol. The zero-order valence-electron chi connectivity index (χ0n) is 17.9. The van der Waals surface area contributed by atoms with Gasteiger partial charge in [0.05, 0.1) is 23.0 Å². The summed E-state index contributed by atoms with van der Waals surface area (Å²) in [4.78, 5) is 19.2. The number of rotatable bonds is 8. The van der Waals surface area contributed by atoms with Crippen LogP contribution in [0.2, 0.25) is 0 Å². The van der Waals surface area contributed by atoms with Crippen LogP contribution in [0.5, 0.6) is 5.88 Å². The smallest absolute Gasteiger partial charge is 0.417 e. The third kappa shape index (κ3) is 5.22. The van der Waals surface area contributed by atoms with Crippen LogP contribution in [0.15, 0.2) is 53.3 Å². The Morgan fingerprint density at radius 3 is 2.74 bits per heavy atom. The molecule has 0 aliphatic rings. The molecule has 0 unspecified atom stereocenters. The molecule has 176 valence electrons. The monoisotopic (exact) mass is 472 g/mol. The van der Waals surface area contributed by atoms with E-state index in [2.05, 4.69) is 20.2 Å². The van der Waals surface area contributed by atoms with Crippen molar-refractivity contribution in [1.29, 1.82) is 0 Å². The van der Waals surface area contributed by atoms with Gasteiger partial charge in [0.1, 0.15) is 6.61 Å². The number of benzene rings is 1. The van der Waals surface area contributed by atoms with Crippen molar-refractivity contribution in [3.8, 4) is 28.7 Å². The lowest BCUT2D eigenvalue weighted by Gasteiger charge is -2.09. The Labute approximate surface area is 191 Å². The quantitative estimate of drug-likeness (QED) is 0.416. The third-order valence-corrected chi connectivity index (χ3v) is 4.98. The maximum atomic E-state index is 12.7. The summed E-state index contributed by atoms with van der Waals surface area (Å²) in [7, 11) is 1.68. The van der Waals surface area contributed by atoms with E-state index >= 15 is 0 Å². The molecule has 1 aromatic carbocycles. The van der Waals surface area contributed by atoms with Crippen LogP contribution in [0.1, 0.15) is 23.2 Å². The van der Waals surface area contributed by atoms with Crippen molar-refractivity contribution in [2.24, 2.45) is 12.8 Å². The van der Waals surface area contributed by atoms with Crippen molar-refractivity contribution in [3.05, 3.63) is 65.6 Å². The second-order valence-electron chi connectivity index (χ2n) is 7.39. The van der Waals surface area contributed by atoms with Crippen LogP contribution in [0.3, 0.4) is 0 Å².